The lowest BCUT2D eigenvalue weighted by molar-refractivity contribution is 0.618. The van der Waals surface area contributed by atoms with E-state index in [2.05, 4.69) is 20.3 Å². The summed E-state index contributed by atoms with van der Waals surface area (Å²) in [7, 11) is 0. The fraction of sp³-hybridized carbons (Fsp3) is 0.182. The number of rotatable bonds is 3. The van der Waals surface area contributed by atoms with Crippen molar-refractivity contribution < 1.29 is 4.39 Å². The lowest BCUT2D eigenvalue weighted by Crippen LogP contribution is -2.04. The van der Waals surface area contributed by atoms with E-state index in [0.717, 1.165) is 6.20 Å². The number of aromatic nitrogens is 3. The number of halogens is 1. The molecule has 0 saturated carbocycles. The van der Waals surface area contributed by atoms with Crippen LogP contribution in [0.3, 0.4) is 0 Å². The van der Waals surface area contributed by atoms with E-state index < -0.39 is 5.82 Å². The van der Waals surface area contributed by atoms with Crippen LogP contribution in [-0.2, 0) is 0 Å². The first-order valence-corrected chi connectivity index (χ1v) is 4.98. The Balaban J connectivity index is 2.43. The normalized spacial score (nSPS) is 10.1. The van der Waals surface area contributed by atoms with Gasteiger partial charge in [0.05, 0.1) is 6.20 Å². The first-order valence-electron chi connectivity index (χ1n) is 4.98. The molecule has 0 unspecified atom stereocenters. The number of pyridine rings is 1. The first kappa shape index (κ1) is 10.5. The molecule has 2 aromatic heterocycles. The highest BCUT2D eigenvalue weighted by atomic mass is 19.1. The zero-order valence-electron chi connectivity index (χ0n) is 8.81. The van der Waals surface area contributed by atoms with Crippen molar-refractivity contribution in [2.45, 2.75) is 6.92 Å². The quantitative estimate of drug-likeness (QED) is 0.857. The third-order valence-corrected chi connectivity index (χ3v) is 2.01. The Kier molecular flexibility index (Phi) is 3.05. The van der Waals surface area contributed by atoms with Gasteiger partial charge in [0.15, 0.2) is 5.82 Å². The van der Waals surface area contributed by atoms with Crippen molar-refractivity contribution in [3.8, 4) is 11.3 Å². The van der Waals surface area contributed by atoms with Crippen molar-refractivity contribution >= 4 is 5.95 Å². The summed E-state index contributed by atoms with van der Waals surface area (Å²) < 4.78 is 13.5. The van der Waals surface area contributed by atoms with Gasteiger partial charge in [-0.25, -0.2) is 14.4 Å². The largest absolute Gasteiger partial charge is 0.354 e. The average molecular weight is 218 g/mol. The van der Waals surface area contributed by atoms with E-state index in [1.54, 1.807) is 24.5 Å². The molecule has 2 heterocycles. The Hall–Kier alpha value is -2.04. The molecule has 0 aromatic carbocycles. The third-order valence-electron chi connectivity index (χ3n) is 2.01. The number of hydrogen-bond donors (Lipinski definition) is 1. The monoisotopic (exact) mass is 218 g/mol. The van der Waals surface area contributed by atoms with Gasteiger partial charge in [-0.3, -0.25) is 4.98 Å². The predicted molar refractivity (Wildman–Crippen MR) is 59.4 cm³/mol. The SMILES string of the molecule is CCNc1ncc(F)c(-c2cccnc2)n1. The summed E-state index contributed by atoms with van der Waals surface area (Å²) in [5, 5.41) is 2.94. The maximum atomic E-state index is 13.5. The lowest BCUT2D eigenvalue weighted by atomic mass is 10.2. The molecule has 5 heteroatoms. The van der Waals surface area contributed by atoms with Gasteiger partial charge in [0, 0.05) is 24.5 Å². The summed E-state index contributed by atoms with van der Waals surface area (Å²) >= 11 is 0. The van der Waals surface area contributed by atoms with Gasteiger partial charge in [0.2, 0.25) is 5.95 Å². The van der Waals surface area contributed by atoms with Gasteiger partial charge in [0.25, 0.3) is 0 Å². The van der Waals surface area contributed by atoms with Crippen molar-refractivity contribution in [1.82, 2.24) is 15.0 Å². The summed E-state index contributed by atoms with van der Waals surface area (Å²) in [6.07, 6.45) is 4.36. The molecule has 0 spiro atoms. The van der Waals surface area contributed by atoms with E-state index >= 15 is 0 Å². The molecule has 0 saturated heterocycles. The molecule has 0 amide bonds. The molecule has 4 nitrogen and oxygen atoms in total. The van der Waals surface area contributed by atoms with Gasteiger partial charge in [-0.2, -0.15) is 0 Å². The van der Waals surface area contributed by atoms with E-state index in [4.69, 9.17) is 0 Å². The van der Waals surface area contributed by atoms with Gasteiger partial charge in [0.1, 0.15) is 5.69 Å². The minimum atomic E-state index is -0.449. The predicted octanol–water partition coefficient (Wildman–Crippen LogP) is 2.11. The molecule has 0 fully saturated rings. The summed E-state index contributed by atoms with van der Waals surface area (Å²) in [5.74, 6) is -0.0302. The van der Waals surface area contributed by atoms with Crippen molar-refractivity contribution in [2.75, 3.05) is 11.9 Å². The van der Waals surface area contributed by atoms with Crippen LogP contribution in [0.15, 0.2) is 30.7 Å². The van der Waals surface area contributed by atoms with Crippen molar-refractivity contribution in [3.63, 3.8) is 0 Å². The van der Waals surface area contributed by atoms with E-state index in [1.807, 2.05) is 6.92 Å². The first-order chi connectivity index (χ1) is 7.81. The Morgan fingerprint density at radius 3 is 2.94 bits per heavy atom. The van der Waals surface area contributed by atoms with E-state index in [9.17, 15) is 4.39 Å². The second kappa shape index (κ2) is 4.65. The Morgan fingerprint density at radius 2 is 2.25 bits per heavy atom. The van der Waals surface area contributed by atoms with Crippen LogP contribution in [0.5, 0.6) is 0 Å². The molecule has 2 rings (SSSR count). The molecule has 82 valence electrons. The summed E-state index contributed by atoms with van der Waals surface area (Å²) in [5.41, 5.74) is 0.903. The van der Waals surface area contributed by atoms with Gasteiger partial charge in [-0.1, -0.05) is 0 Å². The zero-order chi connectivity index (χ0) is 11.4. The Labute approximate surface area is 92.6 Å². The highest BCUT2D eigenvalue weighted by Gasteiger charge is 2.08. The Morgan fingerprint density at radius 1 is 1.38 bits per heavy atom. The summed E-state index contributed by atoms with van der Waals surface area (Å²) in [4.78, 5) is 11.9. The number of anilines is 1. The highest BCUT2D eigenvalue weighted by Crippen LogP contribution is 2.19. The highest BCUT2D eigenvalue weighted by molar-refractivity contribution is 5.59. The molecular formula is C11H11FN4. The van der Waals surface area contributed by atoms with Gasteiger partial charge >= 0.3 is 0 Å². The molecule has 0 aliphatic rings. The van der Waals surface area contributed by atoms with Crippen LogP contribution in [0.4, 0.5) is 10.3 Å². The van der Waals surface area contributed by atoms with Crippen LogP contribution in [0, 0.1) is 5.82 Å². The van der Waals surface area contributed by atoms with Crippen LogP contribution in [0.2, 0.25) is 0 Å². The lowest BCUT2D eigenvalue weighted by Gasteiger charge is -2.05. The Bertz CT molecular complexity index is 473. The molecule has 0 bridgehead atoms. The minimum Gasteiger partial charge on any atom is -0.354 e. The minimum absolute atomic E-state index is 0.263. The summed E-state index contributed by atoms with van der Waals surface area (Å²) in [6, 6.07) is 3.50. The molecular weight excluding hydrogens is 207 g/mol. The van der Waals surface area contributed by atoms with E-state index in [1.165, 1.54) is 0 Å². The van der Waals surface area contributed by atoms with Crippen LogP contribution in [-0.4, -0.2) is 21.5 Å². The second-order valence-electron chi connectivity index (χ2n) is 3.16. The molecule has 0 atom stereocenters. The molecule has 16 heavy (non-hydrogen) atoms. The average Bonchev–Trinajstić information content (AvgIpc) is 2.33. The van der Waals surface area contributed by atoms with Gasteiger partial charge in [-0.05, 0) is 19.1 Å². The number of nitrogens with zero attached hydrogens (tertiary/aromatic N) is 3. The standard InChI is InChI=1S/C11H11FN4/c1-2-14-11-15-7-9(12)10(16-11)8-4-3-5-13-6-8/h3-7H,2H2,1H3,(H,14,15,16). The fourth-order valence-electron chi connectivity index (χ4n) is 1.32. The van der Waals surface area contributed by atoms with Crippen molar-refractivity contribution in [2.24, 2.45) is 0 Å². The summed E-state index contributed by atoms with van der Waals surface area (Å²) in [6.45, 7) is 2.62. The molecule has 0 aliphatic carbocycles. The second-order valence-corrected chi connectivity index (χ2v) is 3.16. The molecule has 1 N–H and O–H groups in total. The van der Waals surface area contributed by atoms with Crippen molar-refractivity contribution in [1.29, 1.82) is 0 Å². The molecule has 0 radical (unpaired) electrons. The van der Waals surface area contributed by atoms with Gasteiger partial charge in [-0.15, -0.1) is 0 Å². The third kappa shape index (κ3) is 2.13. The topological polar surface area (TPSA) is 50.7 Å². The maximum Gasteiger partial charge on any atom is 0.223 e. The van der Waals surface area contributed by atoms with Crippen molar-refractivity contribution in [3.05, 3.63) is 36.5 Å². The zero-order valence-corrected chi connectivity index (χ0v) is 8.81. The van der Waals surface area contributed by atoms with Crippen LogP contribution in [0.25, 0.3) is 11.3 Å². The smallest absolute Gasteiger partial charge is 0.223 e. The van der Waals surface area contributed by atoms with Gasteiger partial charge < -0.3 is 5.32 Å². The van der Waals surface area contributed by atoms with Crippen LogP contribution in [0.1, 0.15) is 6.92 Å². The number of nitrogens with one attached hydrogen (secondary N) is 1. The van der Waals surface area contributed by atoms with E-state index in [0.29, 0.717) is 18.1 Å². The van der Waals surface area contributed by atoms with Crippen LogP contribution >= 0.6 is 0 Å². The molecule has 2 aromatic rings. The number of hydrogen-bond acceptors (Lipinski definition) is 4. The molecule has 0 aliphatic heterocycles. The fourth-order valence-corrected chi connectivity index (χ4v) is 1.32. The van der Waals surface area contributed by atoms with E-state index in [-0.39, 0.29) is 5.69 Å². The van der Waals surface area contributed by atoms with Crippen LogP contribution < -0.4 is 5.32 Å². The maximum absolute atomic E-state index is 13.5.